The van der Waals surface area contributed by atoms with Crippen LogP contribution in [-0.4, -0.2) is 89.6 Å². The normalized spacial score (nSPS) is 20.5. The van der Waals surface area contributed by atoms with Gasteiger partial charge in [0, 0.05) is 13.0 Å². The highest BCUT2D eigenvalue weighted by atomic mass is 16.7. The minimum absolute atomic E-state index is 0.128. The van der Waals surface area contributed by atoms with Crippen LogP contribution in [-0.2, 0) is 23.7 Å². The number of unbranched alkanes of at least 4 members (excludes halogenated alkanes) is 16. The lowest BCUT2D eigenvalue weighted by Crippen LogP contribution is -2.59. The van der Waals surface area contributed by atoms with E-state index in [9.17, 15) is 25.2 Å². The van der Waals surface area contributed by atoms with Crippen LogP contribution < -0.4 is 0 Å². The molecule has 356 valence electrons. The molecule has 0 radical (unpaired) electrons. The first-order chi connectivity index (χ1) is 30.4. The molecule has 9 nitrogen and oxygen atoms in total. The van der Waals surface area contributed by atoms with Crippen molar-refractivity contribution in [2.24, 2.45) is 0 Å². The Morgan fingerprint density at radius 3 is 1.40 bits per heavy atom. The van der Waals surface area contributed by atoms with Crippen molar-refractivity contribution in [1.29, 1.82) is 0 Å². The second-order valence-corrected chi connectivity index (χ2v) is 16.5. The zero-order valence-corrected chi connectivity index (χ0v) is 39.1. The van der Waals surface area contributed by atoms with Gasteiger partial charge in [0.15, 0.2) is 6.29 Å². The molecule has 1 saturated heterocycles. The molecule has 1 rings (SSSR count). The maximum absolute atomic E-state index is 12.8. The molecule has 0 aromatic heterocycles. The fourth-order valence-corrected chi connectivity index (χ4v) is 7.03. The molecule has 0 saturated carbocycles. The molecule has 1 aliphatic heterocycles. The number of aliphatic hydroxyl groups excluding tert-OH is 4. The highest BCUT2D eigenvalue weighted by molar-refractivity contribution is 5.69. The summed E-state index contributed by atoms with van der Waals surface area (Å²) in [5, 5.41) is 40.2. The van der Waals surface area contributed by atoms with Crippen LogP contribution in [0, 0.1) is 0 Å². The third-order valence-electron chi connectivity index (χ3n) is 10.8. The van der Waals surface area contributed by atoms with E-state index >= 15 is 0 Å². The number of hydrogen-bond donors (Lipinski definition) is 4. The minimum atomic E-state index is -1.55. The Labute approximate surface area is 378 Å². The molecule has 9 heteroatoms. The number of esters is 1. The lowest BCUT2D eigenvalue weighted by molar-refractivity contribution is -0.305. The highest BCUT2D eigenvalue weighted by Crippen LogP contribution is 2.22. The average Bonchev–Trinajstić information content (AvgIpc) is 3.27. The zero-order valence-electron chi connectivity index (χ0n) is 39.1. The van der Waals surface area contributed by atoms with E-state index in [-0.39, 0.29) is 25.6 Å². The third-order valence-corrected chi connectivity index (χ3v) is 10.8. The van der Waals surface area contributed by atoms with Crippen LogP contribution in [0.15, 0.2) is 85.1 Å². The first kappa shape index (κ1) is 57.4. The summed E-state index contributed by atoms with van der Waals surface area (Å²) < 4.78 is 22.8. The van der Waals surface area contributed by atoms with Crippen molar-refractivity contribution >= 4 is 5.97 Å². The van der Waals surface area contributed by atoms with Crippen molar-refractivity contribution in [2.75, 3.05) is 26.4 Å². The maximum atomic E-state index is 12.8. The summed E-state index contributed by atoms with van der Waals surface area (Å²) in [6, 6.07) is 0. The van der Waals surface area contributed by atoms with Gasteiger partial charge in [-0.3, -0.25) is 4.79 Å². The average molecular weight is 871 g/mol. The van der Waals surface area contributed by atoms with Crippen molar-refractivity contribution in [3.63, 3.8) is 0 Å². The molecule has 1 heterocycles. The molecule has 0 aliphatic carbocycles. The Bertz CT molecular complexity index is 1220. The number of carbonyl (C=O) groups excluding carboxylic acids is 1. The summed E-state index contributed by atoms with van der Waals surface area (Å²) >= 11 is 0. The van der Waals surface area contributed by atoms with E-state index in [1.165, 1.54) is 77.0 Å². The van der Waals surface area contributed by atoms with Crippen molar-refractivity contribution in [1.82, 2.24) is 0 Å². The molecule has 62 heavy (non-hydrogen) atoms. The summed E-state index contributed by atoms with van der Waals surface area (Å²) in [5.41, 5.74) is 0. The fraction of sp³-hybridized carbons (Fsp3) is 0.717. The molecule has 4 N–H and O–H groups in total. The third kappa shape index (κ3) is 33.9. The van der Waals surface area contributed by atoms with Crippen LogP contribution in [0.5, 0.6) is 0 Å². The van der Waals surface area contributed by atoms with Gasteiger partial charge in [0.2, 0.25) is 0 Å². The molecule has 1 fully saturated rings. The van der Waals surface area contributed by atoms with E-state index in [0.29, 0.717) is 13.0 Å². The predicted molar refractivity (Wildman–Crippen MR) is 256 cm³/mol. The fourth-order valence-electron chi connectivity index (χ4n) is 7.03. The van der Waals surface area contributed by atoms with Crippen LogP contribution in [0.4, 0.5) is 0 Å². The molecular formula is C53H90O9. The quantitative estimate of drug-likeness (QED) is 0.0269. The Kier molecular flexibility index (Phi) is 40.4. The van der Waals surface area contributed by atoms with Crippen molar-refractivity contribution in [2.45, 2.75) is 218 Å². The van der Waals surface area contributed by atoms with Gasteiger partial charge in [0.1, 0.15) is 30.5 Å². The van der Waals surface area contributed by atoms with Crippen molar-refractivity contribution in [3.05, 3.63) is 85.1 Å². The molecule has 1 aliphatic rings. The molecule has 6 unspecified atom stereocenters. The molecule has 0 bridgehead atoms. The lowest BCUT2D eigenvalue weighted by atomic mass is 9.99. The standard InChI is InChI=1S/C53H90O9/c1-3-5-7-9-11-13-15-17-18-19-20-21-22-23-24-25-26-27-28-29-31-33-35-37-39-41-43-59-45-47(46-60-53-52(58)51(57)50(56)48(44-54)62-53)61-49(55)42-40-38-36-34-32-30-16-14-12-10-8-6-4-2/h5-8,11-14,17-18,20-21,30,32,47-48,50-54,56-58H,3-4,9-10,15-16,19,22-29,31,33-46H2,1-2H3/b7-5-,8-6-,13-11-,14-12-,18-17-,21-20-,32-30-. The summed E-state index contributed by atoms with van der Waals surface area (Å²) in [4.78, 5) is 12.8. The Hall–Kier alpha value is -2.63. The van der Waals surface area contributed by atoms with Crippen LogP contribution in [0.1, 0.15) is 181 Å². The molecule has 0 aromatic carbocycles. The van der Waals surface area contributed by atoms with Gasteiger partial charge in [-0.1, -0.05) is 176 Å². The number of rotatable bonds is 41. The van der Waals surface area contributed by atoms with Gasteiger partial charge in [-0.05, 0) is 83.5 Å². The van der Waals surface area contributed by atoms with Crippen molar-refractivity contribution < 1.29 is 44.2 Å². The predicted octanol–water partition coefficient (Wildman–Crippen LogP) is 11.8. The van der Waals surface area contributed by atoms with Crippen LogP contribution >= 0.6 is 0 Å². The topological polar surface area (TPSA) is 135 Å². The van der Waals surface area contributed by atoms with Gasteiger partial charge in [0.05, 0.1) is 19.8 Å². The zero-order chi connectivity index (χ0) is 45.0. The molecule has 0 aromatic rings. The number of carbonyl (C=O) groups is 1. The van der Waals surface area contributed by atoms with Gasteiger partial charge < -0.3 is 39.4 Å². The maximum Gasteiger partial charge on any atom is 0.306 e. The Balaban J connectivity index is 2.18. The molecule has 0 spiro atoms. The van der Waals surface area contributed by atoms with E-state index in [1.807, 2.05) is 0 Å². The summed E-state index contributed by atoms with van der Waals surface area (Å²) in [5.74, 6) is -0.345. The number of ether oxygens (including phenoxy) is 4. The van der Waals surface area contributed by atoms with Gasteiger partial charge in [-0.25, -0.2) is 0 Å². The smallest absolute Gasteiger partial charge is 0.306 e. The molecular weight excluding hydrogens is 781 g/mol. The van der Waals surface area contributed by atoms with E-state index in [0.717, 1.165) is 77.0 Å². The first-order valence-corrected chi connectivity index (χ1v) is 24.7. The molecule has 0 amide bonds. The summed E-state index contributed by atoms with van der Waals surface area (Å²) in [6.07, 6.45) is 52.0. The number of aliphatic hydroxyl groups is 4. The van der Waals surface area contributed by atoms with Crippen LogP contribution in [0.2, 0.25) is 0 Å². The Morgan fingerprint density at radius 1 is 0.516 bits per heavy atom. The first-order valence-electron chi connectivity index (χ1n) is 24.7. The largest absolute Gasteiger partial charge is 0.457 e. The van der Waals surface area contributed by atoms with E-state index in [1.54, 1.807) is 0 Å². The second-order valence-electron chi connectivity index (χ2n) is 16.5. The number of allylic oxidation sites excluding steroid dienone is 14. The summed E-state index contributed by atoms with van der Waals surface area (Å²) in [7, 11) is 0. The van der Waals surface area contributed by atoms with E-state index in [4.69, 9.17) is 18.9 Å². The van der Waals surface area contributed by atoms with Crippen molar-refractivity contribution in [3.8, 4) is 0 Å². The van der Waals surface area contributed by atoms with Gasteiger partial charge in [-0.15, -0.1) is 0 Å². The highest BCUT2D eigenvalue weighted by Gasteiger charge is 2.44. The SMILES string of the molecule is CC/C=C\C/C=C\C/C=C\C/C=C\CCCCCCCCCCCCCCCOCC(COC1OC(CO)C(O)C(O)C1O)OC(=O)CCCCC/C=C\C/C=C\C/C=C\CC. The number of hydrogen-bond acceptors (Lipinski definition) is 9. The van der Waals surface area contributed by atoms with Gasteiger partial charge in [-0.2, -0.15) is 0 Å². The minimum Gasteiger partial charge on any atom is -0.457 e. The Morgan fingerprint density at radius 2 is 0.935 bits per heavy atom. The van der Waals surface area contributed by atoms with Gasteiger partial charge >= 0.3 is 5.97 Å². The van der Waals surface area contributed by atoms with Crippen LogP contribution in [0.25, 0.3) is 0 Å². The lowest BCUT2D eigenvalue weighted by Gasteiger charge is -2.39. The van der Waals surface area contributed by atoms with E-state index < -0.39 is 43.4 Å². The van der Waals surface area contributed by atoms with E-state index in [2.05, 4.69) is 98.9 Å². The second kappa shape index (κ2) is 43.6. The monoisotopic (exact) mass is 871 g/mol. The van der Waals surface area contributed by atoms with Gasteiger partial charge in [0.25, 0.3) is 0 Å². The molecule has 6 atom stereocenters. The van der Waals surface area contributed by atoms with Crippen LogP contribution in [0.3, 0.4) is 0 Å². The summed E-state index contributed by atoms with van der Waals surface area (Å²) in [6.45, 7) is 4.28.